The standard InChI is InChI=1S/C21H19F5N2O2/c1-2-12-7-8-28(11-12)20(30)21(25,26)15-9-13(3-5-16(15)22)19(29)27-14-4-6-17(23)18(24)10-14/h3-6,9-10,12H,2,7-8,11H2,1H3,(H,27,29)/t12-/m0/s1. The Balaban J connectivity index is 1.84. The quantitative estimate of drug-likeness (QED) is 0.705. The average Bonchev–Trinajstić information content (AvgIpc) is 3.19. The molecule has 30 heavy (non-hydrogen) atoms. The summed E-state index contributed by atoms with van der Waals surface area (Å²) in [5, 5.41) is 2.21. The van der Waals surface area contributed by atoms with Crippen LogP contribution < -0.4 is 5.32 Å². The number of hydrogen-bond acceptors (Lipinski definition) is 2. The summed E-state index contributed by atoms with van der Waals surface area (Å²) in [4.78, 5) is 25.7. The van der Waals surface area contributed by atoms with Gasteiger partial charge in [-0.25, -0.2) is 13.2 Å². The second kappa shape index (κ2) is 8.41. The van der Waals surface area contributed by atoms with Crippen LogP contribution in [0, 0.1) is 23.4 Å². The van der Waals surface area contributed by atoms with Crippen LogP contribution in [0.4, 0.5) is 27.6 Å². The van der Waals surface area contributed by atoms with Crippen molar-refractivity contribution in [3.05, 3.63) is 65.0 Å². The molecule has 0 unspecified atom stereocenters. The lowest BCUT2D eigenvalue weighted by atomic mass is 10.0. The van der Waals surface area contributed by atoms with Crippen LogP contribution in [0.2, 0.25) is 0 Å². The van der Waals surface area contributed by atoms with Gasteiger partial charge in [-0.1, -0.05) is 13.3 Å². The summed E-state index contributed by atoms with van der Waals surface area (Å²) < 4.78 is 70.1. The highest BCUT2D eigenvalue weighted by Gasteiger charge is 2.47. The lowest BCUT2D eigenvalue weighted by molar-refractivity contribution is -0.158. The molecule has 1 heterocycles. The second-order valence-electron chi connectivity index (χ2n) is 7.17. The van der Waals surface area contributed by atoms with Gasteiger partial charge in [0.25, 0.3) is 11.8 Å². The number of hydrogen-bond donors (Lipinski definition) is 1. The van der Waals surface area contributed by atoms with Gasteiger partial charge >= 0.3 is 5.92 Å². The highest BCUT2D eigenvalue weighted by atomic mass is 19.3. The van der Waals surface area contributed by atoms with Crippen LogP contribution in [0.1, 0.15) is 35.7 Å². The molecule has 2 aromatic rings. The van der Waals surface area contributed by atoms with E-state index in [9.17, 15) is 31.5 Å². The molecule has 1 aliphatic heterocycles. The molecule has 0 spiro atoms. The topological polar surface area (TPSA) is 49.4 Å². The van der Waals surface area contributed by atoms with Crippen molar-refractivity contribution in [2.45, 2.75) is 25.7 Å². The fourth-order valence-electron chi connectivity index (χ4n) is 3.35. The van der Waals surface area contributed by atoms with Gasteiger partial charge in [0, 0.05) is 30.4 Å². The third kappa shape index (κ3) is 4.29. The van der Waals surface area contributed by atoms with E-state index >= 15 is 0 Å². The zero-order valence-corrected chi connectivity index (χ0v) is 16.0. The Bertz CT molecular complexity index is 980. The number of likely N-dealkylation sites (tertiary alicyclic amines) is 1. The summed E-state index contributed by atoms with van der Waals surface area (Å²) in [7, 11) is 0. The largest absolute Gasteiger partial charge is 0.352 e. The number of carbonyl (C=O) groups is 2. The summed E-state index contributed by atoms with van der Waals surface area (Å²) in [6.45, 7) is 2.22. The monoisotopic (exact) mass is 426 g/mol. The number of alkyl halides is 2. The smallest absolute Gasteiger partial charge is 0.337 e. The maximum Gasteiger partial charge on any atom is 0.352 e. The molecule has 4 nitrogen and oxygen atoms in total. The maximum atomic E-state index is 14.8. The van der Waals surface area contributed by atoms with E-state index in [1.807, 2.05) is 6.92 Å². The molecule has 2 amide bonds. The summed E-state index contributed by atoms with van der Waals surface area (Å²) in [6, 6.07) is 4.79. The molecular formula is C21H19F5N2O2. The number of nitrogens with zero attached hydrogens (tertiary/aromatic N) is 1. The van der Waals surface area contributed by atoms with Crippen molar-refractivity contribution in [3.8, 4) is 0 Å². The first-order chi connectivity index (χ1) is 14.1. The van der Waals surface area contributed by atoms with Gasteiger partial charge in [0.05, 0.1) is 5.56 Å². The van der Waals surface area contributed by atoms with Crippen molar-refractivity contribution < 1.29 is 31.5 Å². The molecule has 0 aliphatic carbocycles. The Morgan fingerprint density at radius 1 is 1.07 bits per heavy atom. The van der Waals surface area contributed by atoms with Crippen molar-refractivity contribution >= 4 is 17.5 Å². The van der Waals surface area contributed by atoms with Crippen LogP contribution in [0.15, 0.2) is 36.4 Å². The SMILES string of the molecule is CC[C@H]1CCN(C(=O)C(F)(F)c2cc(C(=O)Nc3ccc(F)c(F)c3)ccc2F)C1. The summed E-state index contributed by atoms with van der Waals surface area (Å²) >= 11 is 0. The number of amides is 2. The van der Waals surface area contributed by atoms with Crippen molar-refractivity contribution in [2.75, 3.05) is 18.4 Å². The van der Waals surface area contributed by atoms with Crippen molar-refractivity contribution in [1.82, 2.24) is 4.90 Å². The first kappa shape index (κ1) is 21.7. The highest BCUT2D eigenvalue weighted by molar-refractivity contribution is 6.04. The fourth-order valence-corrected chi connectivity index (χ4v) is 3.35. The molecule has 9 heteroatoms. The van der Waals surface area contributed by atoms with E-state index in [4.69, 9.17) is 0 Å². The highest BCUT2D eigenvalue weighted by Crippen LogP contribution is 2.35. The third-order valence-electron chi connectivity index (χ3n) is 5.16. The second-order valence-corrected chi connectivity index (χ2v) is 7.17. The number of benzene rings is 2. The van der Waals surface area contributed by atoms with Crippen LogP contribution in [-0.2, 0) is 10.7 Å². The first-order valence-corrected chi connectivity index (χ1v) is 9.37. The van der Waals surface area contributed by atoms with E-state index in [-0.39, 0.29) is 30.3 Å². The minimum Gasteiger partial charge on any atom is -0.337 e. The van der Waals surface area contributed by atoms with E-state index in [2.05, 4.69) is 5.32 Å². The predicted molar refractivity (Wildman–Crippen MR) is 99.6 cm³/mol. The number of nitrogens with one attached hydrogen (secondary N) is 1. The Kier molecular flexibility index (Phi) is 6.09. The van der Waals surface area contributed by atoms with Gasteiger partial charge in [0.2, 0.25) is 0 Å². The fraction of sp³-hybridized carbons (Fsp3) is 0.333. The first-order valence-electron chi connectivity index (χ1n) is 9.37. The van der Waals surface area contributed by atoms with E-state index in [0.717, 1.165) is 29.5 Å². The van der Waals surface area contributed by atoms with Crippen LogP contribution in [0.3, 0.4) is 0 Å². The molecule has 1 fully saturated rings. The van der Waals surface area contributed by atoms with Crippen LogP contribution in [0.5, 0.6) is 0 Å². The van der Waals surface area contributed by atoms with E-state index in [1.54, 1.807) is 0 Å². The predicted octanol–water partition coefficient (Wildman–Crippen LogP) is 4.71. The Labute approximate surface area is 169 Å². The normalized spacial score (nSPS) is 16.6. The van der Waals surface area contributed by atoms with Crippen molar-refractivity contribution in [1.29, 1.82) is 0 Å². The van der Waals surface area contributed by atoms with Crippen molar-refractivity contribution in [3.63, 3.8) is 0 Å². The lowest BCUT2D eigenvalue weighted by Gasteiger charge is -2.24. The molecule has 0 radical (unpaired) electrons. The minimum atomic E-state index is -4.16. The molecule has 2 aromatic carbocycles. The molecule has 1 saturated heterocycles. The summed E-state index contributed by atoms with van der Waals surface area (Å²) in [5.74, 6) is -10.2. The van der Waals surface area contributed by atoms with Crippen LogP contribution in [0.25, 0.3) is 0 Å². The van der Waals surface area contributed by atoms with Gasteiger partial charge in [0.1, 0.15) is 5.82 Å². The van der Waals surface area contributed by atoms with E-state index < -0.39 is 40.8 Å². The van der Waals surface area contributed by atoms with Gasteiger partial charge in [0.15, 0.2) is 11.6 Å². The van der Waals surface area contributed by atoms with Gasteiger partial charge in [-0.05, 0) is 42.7 Å². The number of carbonyl (C=O) groups excluding carboxylic acids is 2. The maximum absolute atomic E-state index is 14.8. The summed E-state index contributed by atoms with van der Waals surface area (Å²) in [5.41, 5.74) is -1.70. The Morgan fingerprint density at radius 3 is 2.40 bits per heavy atom. The van der Waals surface area contributed by atoms with Gasteiger partial charge < -0.3 is 10.2 Å². The van der Waals surface area contributed by atoms with Gasteiger partial charge in [-0.2, -0.15) is 8.78 Å². The molecule has 1 N–H and O–H groups in total. The van der Waals surface area contributed by atoms with E-state index in [1.165, 1.54) is 0 Å². The number of rotatable bonds is 5. The molecule has 0 aromatic heterocycles. The number of anilines is 1. The summed E-state index contributed by atoms with van der Waals surface area (Å²) in [6.07, 6.45) is 1.33. The van der Waals surface area contributed by atoms with Gasteiger partial charge in [-0.3, -0.25) is 9.59 Å². The Hall–Kier alpha value is -2.97. The van der Waals surface area contributed by atoms with Crippen LogP contribution in [-0.4, -0.2) is 29.8 Å². The Morgan fingerprint density at radius 2 is 1.77 bits per heavy atom. The molecule has 160 valence electrons. The average molecular weight is 426 g/mol. The zero-order valence-electron chi connectivity index (χ0n) is 16.0. The van der Waals surface area contributed by atoms with E-state index in [0.29, 0.717) is 24.6 Å². The molecule has 0 bridgehead atoms. The van der Waals surface area contributed by atoms with Gasteiger partial charge in [-0.15, -0.1) is 0 Å². The molecule has 3 rings (SSSR count). The molecule has 0 saturated carbocycles. The van der Waals surface area contributed by atoms with Crippen LogP contribution >= 0.6 is 0 Å². The third-order valence-corrected chi connectivity index (χ3v) is 5.16. The number of halogens is 5. The lowest BCUT2D eigenvalue weighted by Crippen LogP contribution is -2.41. The zero-order chi connectivity index (χ0) is 22.1. The minimum absolute atomic E-state index is 0.114. The van der Waals surface area contributed by atoms with Crippen molar-refractivity contribution in [2.24, 2.45) is 5.92 Å². The molecular weight excluding hydrogens is 407 g/mol. The molecule has 1 atom stereocenters. The molecule has 1 aliphatic rings.